The van der Waals surface area contributed by atoms with Crippen molar-refractivity contribution in [1.82, 2.24) is 15.1 Å². The fraction of sp³-hybridized carbons (Fsp3) is 0.886. The first-order valence-corrected chi connectivity index (χ1v) is 16.6. The first-order chi connectivity index (χ1) is 18.6. The molecular formula is C35H57N3O2. The van der Waals surface area contributed by atoms with Gasteiger partial charge in [0.05, 0.1) is 0 Å². The van der Waals surface area contributed by atoms with E-state index in [9.17, 15) is 9.59 Å². The molecule has 0 spiro atoms. The van der Waals surface area contributed by atoms with Crippen LogP contribution in [0.5, 0.6) is 0 Å². The van der Waals surface area contributed by atoms with E-state index in [1.807, 2.05) is 0 Å². The number of fused-ring (bicyclic) bond motifs is 7. The second-order valence-corrected chi connectivity index (χ2v) is 17.1. The summed E-state index contributed by atoms with van der Waals surface area (Å²) in [6.07, 6.45) is 13.7. The third-order valence-electron chi connectivity index (χ3n) is 14.6. The molecule has 5 fully saturated rings. The Morgan fingerprint density at radius 3 is 2.25 bits per heavy atom. The Balaban J connectivity index is 1.34. The minimum absolute atomic E-state index is 0.153. The molecule has 40 heavy (non-hydrogen) atoms. The Kier molecular flexibility index (Phi) is 6.52. The lowest BCUT2D eigenvalue weighted by atomic mass is 9.35. The number of carbonyl (C=O) groups excluding carboxylic acids is 2. The number of rotatable bonds is 1. The molecule has 0 radical (unpaired) electrons. The van der Waals surface area contributed by atoms with Crippen molar-refractivity contribution in [1.29, 1.82) is 0 Å². The summed E-state index contributed by atoms with van der Waals surface area (Å²) in [6, 6.07) is 0. The highest BCUT2D eigenvalue weighted by atomic mass is 16.2. The van der Waals surface area contributed by atoms with E-state index < -0.39 is 0 Å². The van der Waals surface area contributed by atoms with Crippen LogP contribution in [0, 0.1) is 44.8 Å². The molecular weight excluding hydrogens is 494 g/mol. The zero-order valence-corrected chi connectivity index (χ0v) is 26.9. The number of hydrogen-bond donors (Lipinski definition) is 1. The maximum atomic E-state index is 14.1. The highest BCUT2D eigenvalue weighted by Gasteiger charge is 2.67. The van der Waals surface area contributed by atoms with Gasteiger partial charge in [-0.3, -0.25) is 9.59 Å². The number of hydrogen-bond acceptors (Lipinski definition) is 3. The lowest BCUT2D eigenvalue weighted by Gasteiger charge is -2.69. The first kappa shape index (κ1) is 28.7. The molecule has 8 atom stereocenters. The van der Waals surface area contributed by atoms with E-state index in [0.29, 0.717) is 35.5 Å². The molecule has 2 amide bonds. The topological polar surface area (TPSA) is 52.7 Å². The molecule has 1 N–H and O–H groups in total. The zero-order valence-electron chi connectivity index (χ0n) is 26.9. The first-order valence-electron chi connectivity index (χ1n) is 16.6. The van der Waals surface area contributed by atoms with Crippen LogP contribution in [0.1, 0.15) is 113 Å². The summed E-state index contributed by atoms with van der Waals surface area (Å²) in [5, 5.41) is 3.41. The van der Waals surface area contributed by atoms with Crippen molar-refractivity contribution in [3.63, 3.8) is 0 Å². The fourth-order valence-corrected chi connectivity index (χ4v) is 11.7. The van der Waals surface area contributed by atoms with Gasteiger partial charge in [0.15, 0.2) is 0 Å². The second kappa shape index (κ2) is 9.07. The normalized spacial score (nSPS) is 48.9. The molecule has 3 saturated carbocycles. The van der Waals surface area contributed by atoms with Gasteiger partial charge in [-0.15, -0.1) is 0 Å². The van der Waals surface area contributed by atoms with Crippen LogP contribution in [0.2, 0.25) is 0 Å². The SMILES string of the molecule is CN1CCN(C(=O)[C@@]2(C)CC[C@]3(C)CC[C@]4(C)C(=CC[C@@H]5[C@@]6(C)CCC(=O)NC(C)(C)[C@@H]6CC[C@]54C)[C@@H]3C2)CC1. The van der Waals surface area contributed by atoms with Crippen LogP contribution in [0.4, 0.5) is 0 Å². The van der Waals surface area contributed by atoms with Crippen LogP contribution in [0.15, 0.2) is 11.6 Å². The van der Waals surface area contributed by atoms with Crippen LogP contribution in [-0.4, -0.2) is 60.4 Å². The number of nitrogens with one attached hydrogen (secondary N) is 1. The largest absolute Gasteiger partial charge is 0.351 e. The highest BCUT2D eigenvalue weighted by Crippen LogP contribution is 2.74. The zero-order chi connectivity index (χ0) is 28.9. The van der Waals surface area contributed by atoms with Gasteiger partial charge < -0.3 is 15.1 Å². The molecule has 0 aromatic carbocycles. The summed E-state index contributed by atoms with van der Waals surface area (Å²) in [6.45, 7) is 20.9. The average Bonchev–Trinajstić information content (AvgIpc) is 2.97. The monoisotopic (exact) mass is 551 g/mol. The van der Waals surface area contributed by atoms with Crippen molar-refractivity contribution < 1.29 is 9.59 Å². The fourth-order valence-electron chi connectivity index (χ4n) is 11.7. The molecule has 0 aromatic rings. The molecule has 5 nitrogen and oxygen atoms in total. The lowest BCUT2D eigenvalue weighted by molar-refractivity contribution is -0.162. The molecule has 0 bridgehead atoms. The molecule has 2 aliphatic heterocycles. The summed E-state index contributed by atoms with van der Waals surface area (Å²) in [5.41, 5.74) is 2.14. The number of piperazine rings is 1. The molecule has 4 aliphatic carbocycles. The quantitative estimate of drug-likeness (QED) is 0.382. The van der Waals surface area contributed by atoms with Gasteiger partial charge in [0.1, 0.15) is 0 Å². The van der Waals surface area contributed by atoms with Crippen molar-refractivity contribution in [3.8, 4) is 0 Å². The van der Waals surface area contributed by atoms with Crippen LogP contribution in [-0.2, 0) is 9.59 Å². The van der Waals surface area contributed by atoms with Gasteiger partial charge in [0, 0.05) is 43.6 Å². The number of nitrogens with zero attached hydrogens (tertiary/aromatic N) is 2. The Bertz CT molecular complexity index is 1110. The summed E-state index contributed by atoms with van der Waals surface area (Å²) < 4.78 is 0. The molecule has 224 valence electrons. The smallest absolute Gasteiger partial charge is 0.228 e. The highest BCUT2D eigenvalue weighted by molar-refractivity contribution is 5.83. The van der Waals surface area contributed by atoms with Crippen molar-refractivity contribution in [2.24, 2.45) is 44.8 Å². The Morgan fingerprint density at radius 2 is 1.55 bits per heavy atom. The van der Waals surface area contributed by atoms with Crippen LogP contribution in [0.3, 0.4) is 0 Å². The van der Waals surface area contributed by atoms with Gasteiger partial charge in [-0.25, -0.2) is 0 Å². The van der Waals surface area contributed by atoms with Crippen LogP contribution in [0.25, 0.3) is 0 Å². The van der Waals surface area contributed by atoms with Gasteiger partial charge in [-0.2, -0.15) is 0 Å². The van der Waals surface area contributed by atoms with E-state index in [1.165, 1.54) is 32.1 Å². The van der Waals surface area contributed by atoms with Gasteiger partial charge in [0.2, 0.25) is 11.8 Å². The van der Waals surface area contributed by atoms with E-state index in [-0.39, 0.29) is 33.1 Å². The predicted molar refractivity (Wildman–Crippen MR) is 162 cm³/mol. The van der Waals surface area contributed by atoms with E-state index in [4.69, 9.17) is 0 Å². The minimum atomic E-state index is -0.252. The van der Waals surface area contributed by atoms with Crippen LogP contribution < -0.4 is 5.32 Å². The summed E-state index contributed by atoms with van der Waals surface area (Å²) >= 11 is 0. The number of likely N-dealkylation sites (N-methyl/N-ethyl adjacent to an activating group) is 1. The number of carbonyl (C=O) groups is 2. The lowest BCUT2D eigenvalue weighted by Crippen LogP contribution is -2.64. The molecule has 2 heterocycles. The third kappa shape index (κ3) is 3.94. The average molecular weight is 552 g/mol. The van der Waals surface area contributed by atoms with Gasteiger partial charge in [0.25, 0.3) is 0 Å². The maximum Gasteiger partial charge on any atom is 0.228 e. The standard InChI is InChI=1S/C35H57N3O2/c1-30(2)26-11-14-35(7)27(33(26,5)13-12-28(39)36-30)10-9-24-25-23-32(4,29(40)38-21-19-37(8)20-22-38)16-15-31(25,3)17-18-34(24,35)6/h9,25-27H,10-23H2,1-8H3,(H,36,39)/t25-,26-,27+,31+,32-,33-,34+,35+/m0/s1. The molecule has 6 rings (SSSR count). The minimum Gasteiger partial charge on any atom is -0.351 e. The third-order valence-corrected chi connectivity index (χ3v) is 14.6. The number of allylic oxidation sites excluding steroid dienone is 2. The predicted octanol–water partition coefficient (Wildman–Crippen LogP) is 6.43. The Labute approximate surface area is 244 Å². The molecule has 0 unspecified atom stereocenters. The Hall–Kier alpha value is -1.36. The Morgan fingerprint density at radius 1 is 0.875 bits per heavy atom. The molecule has 5 heteroatoms. The van der Waals surface area contributed by atoms with E-state index in [0.717, 1.165) is 51.9 Å². The number of amides is 2. The molecule has 0 aromatic heterocycles. The summed E-state index contributed by atoms with van der Waals surface area (Å²) in [5.74, 6) is 2.25. The maximum absolute atomic E-state index is 14.1. The second-order valence-electron chi connectivity index (χ2n) is 17.1. The van der Waals surface area contributed by atoms with Crippen molar-refractivity contribution in [2.75, 3.05) is 33.2 Å². The molecule has 6 aliphatic rings. The summed E-state index contributed by atoms with van der Waals surface area (Å²) in [4.78, 5) is 31.4. The van der Waals surface area contributed by atoms with Crippen molar-refractivity contribution >= 4 is 11.8 Å². The van der Waals surface area contributed by atoms with Gasteiger partial charge in [-0.1, -0.05) is 46.3 Å². The van der Waals surface area contributed by atoms with E-state index >= 15 is 0 Å². The molecule has 2 saturated heterocycles. The van der Waals surface area contributed by atoms with E-state index in [1.54, 1.807) is 5.57 Å². The van der Waals surface area contributed by atoms with Crippen molar-refractivity contribution in [3.05, 3.63) is 11.6 Å². The van der Waals surface area contributed by atoms with Gasteiger partial charge >= 0.3 is 0 Å². The van der Waals surface area contributed by atoms with Crippen molar-refractivity contribution in [2.45, 2.75) is 118 Å². The van der Waals surface area contributed by atoms with Crippen LogP contribution >= 0.6 is 0 Å². The van der Waals surface area contributed by atoms with Gasteiger partial charge in [-0.05, 0) is 118 Å². The summed E-state index contributed by atoms with van der Waals surface area (Å²) in [7, 11) is 2.17. The van der Waals surface area contributed by atoms with E-state index in [2.05, 4.69) is 76.7 Å².